The molecule has 0 aromatic heterocycles. The number of piperidine rings is 1. The van der Waals surface area contributed by atoms with Gasteiger partial charge in [-0.15, -0.1) is 0 Å². The van der Waals surface area contributed by atoms with Gasteiger partial charge in [-0.25, -0.2) is 0 Å². The van der Waals surface area contributed by atoms with Crippen LogP contribution in [0.3, 0.4) is 0 Å². The smallest absolute Gasteiger partial charge is 0.218 e. The molecular weight excluding hydrogens is 186 g/mol. The molecule has 0 bridgehead atoms. The molecule has 1 aromatic rings. The maximum absolute atomic E-state index is 5.60. The van der Waals surface area contributed by atoms with Crippen LogP contribution in [0.4, 0.5) is 0 Å². The summed E-state index contributed by atoms with van der Waals surface area (Å²) in [7, 11) is 0. The lowest BCUT2D eigenvalue weighted by Crippen LogP contribution is -2.53. The third-order valence-electron chi connectivity index (χ3n) is 3.31. The highest BCUT2D eigenvalue weighted by Crippen LogP contribution is 2.35. The molecule has 0 saturated carbocycles. The number of hydrogen-bond acceptors (Lipinski definition) is 2. The van der Waals surface area contributed by atoms with E-state index in [2.05, 4.69) is 24.1 Å². The van der Waals surface area contributed by atoms with Crippen LogP contribution >= 0.6 is 0 Å². The van der Waals surface area contributed by atoms with Gasteiger partial charge in [-0.3, -0.25) is 0 Å². The number of ether oxygens (including phenoxy) is 1. The molecule has 0 amide bonds. The van der Waals surface area contributed by atoms with E-state index in [0.29, 0.717) is 0 Å². The van der Waals surface area contributed by atoms with E-state index < -0.39 is 0 Å². The highest BCUT2D eigenvalue weighted by atomic mass is 16.5. The quantitative estimate of drug-likeness (QED) is 0.694. The Morgan fingerprint density at radius 2 is 2.20 bits per heavy atom. The Morgan fingerprint density at radius 3 is 3.07 bits per heavy atom. The van der Waals surface area contributed by atoms with E-state index in [0.717, 1.165) is 25.1 Å². The van der Waals surface area contributed by atoms with Crippen molar-refractivity contribution in [2.45, 2.75) is 31.2 Å². The molecule has 2 heteroatoms. The van der Waals surface area contributed by atoms with Crippen molar-refractivity contribution in [1.82, 2.24) is 5.32 Å². The molecule has 0 aliphatic carbocycles. The van der Waals surface area contributed by atoms with E-state index >= 15 is 0 Å². The van der Waals surface area contributed by atoms with Crippen molar-refractivity contribution >= 4 is 0 Å². The Hall–Kier alpha value is -1.02. The minimum atomic E-state index is -0.0212. The van der Waals surface area contributed by atoms with Crippen LogP contribution in [0.15, 0.2) is 24.3 Å². The van der Waals surface area contributed by atoms with Crippen LogP contribution in [0, 0.1) is 6.61 Å². The Morgan fingerprint density at radius 1 is 1.27 bits per heavy atom. The molecule has 1 fully saturated rings. The first-order valence-electron chi connectivity index (χ1n) is 5.65. The summed E-state index contributed by atoms with van der Waals surface area (Å²) < 4.78 is 5.60. The first-order valence-corrected chi connectivity index (χ1v) is 5.65. The lowest BCUT2D eigenvalue weighted by molar-refractivity contribution is 0.186. The van der Waals surface area contributed by atoms with Crippen molar-refractivity contribution in [3.63, 3.8) is 0 Å². The van der Waals surface area contributed by atoms with Crippen molar-refractivity contribution in [2.75, 3.05) is 6.54 Å². The summed E-state index contributed by atoms with van der Waals surface area (Å²) in [4.78, 5) is 0. The summed E-state index contributed by atoms with van der Waals surface area (Å²) in [6.45, 7) is 4.26. The topological polar surface area (TPSA) is 21.3 Å². The van der Waals surface area contributed by atoms with E-state index in [1.165, 1.54) is 18.4 Å². The molecule has 2 aliphatic heterocycles. The SMILES string of the molecule is [C]1Oc2ccccc2CC12CCCCN2. The second-order valence-electron chi connectivity index (χ2n) is 4.45. The van der Waals surface area contributed by atoms with Crippen LogP contribution in [-0.2, 0) is 6.42 Å². The van der Waals surface area contributed by atoms with Crippen LogP contribution in [-0.4, -0.2) is 12.1 Å². The van der Waals surface area contributed by atoms with Gasteiger partial charge in [-0.05, 0) is 37.4 Å². The van der Waals surface area contributed by atoms with Crippen LogP contribution in [0.1, 0.15) is 24.8 Å². The van der Waals surface area contributed by atoms with E-state index in [1.54, 1.807) is 0 Å². The fourth-order valence-electron chi connectivity index (χ4n) is 2.47. The molecular formula is C13H15NO. The minimum absolute atomic E-state index is 0.0212. The number of fused-ring (bicyclic) bond motifs is 1. The van der Waals surface area contributed by atoms with E-state index in [-0.39, 0.29) is 5.54 Å². The molecule has 1 aromatic carbocycles. The molecule has 1 atom stereocenters. The summed E-state index contributed by atoms with van der Waals surface area (Å²) in [6, 6.07) is 8.24. The second kappa shape index (κ2) is 3.53. The summed E-state index contributed by atoms with van der Waals surface area (Å²) >= 11 is 0. The highest BCUT2D eigenvalue weighted by molar-refractivity contribution is 5.38. The summed E-state index contributed by atoms with van der Waals surface area (Å²) in [5, 5.41) is 3.54. The van der Waals surface area contributed by atoms with Gasteiger partial charge >= 0.3 is 0 Å². The standard InChI is InChI=1S/C13H15NO/c1-2-6-12-11(5-1)9-13(10-15-12)7-3-4-8-14-13/h1-2,5-6,14H,3-4,7-9H2. The van der Waals surface area contributed by atoms with Gasteiger partial charge in [0.2, 0.25) is 6.61 Å². The molecule has 3 rings (SSSR count). The third kappa shape index (κ3) is 1.63. The van der Waals surface area contributed by atoms with Gasteiger partial charge in [0.25, 0.3) is 0 Å². The first-order chi connectivity index (χ1) is 7.38. The average Bonchev–Trinajstić information content (AvgIpc) is 2.30. The van der Waals surface area contributed by atoms with Gasteiger partial charge in [0.15, 0.2) is 0 Å². The minimum Gasteiger partial charge on any atom is -0.476 e. The Bertz CT molecular complexity index is 355. The third-order valence-corrected chi connectivity index (χ3v) is 3.31. The predicted molar refractivity (Wildman–Crippen MR) is 58.6 cm³/mol. The largest absolute Gasteiger partial charge is 0.476 e. The molecule has 1 saturated heterocycles. The van der Waals surface area contributed by atoms with Crippen LogP contribution in [0.5, 0.6) is 5.75 Å². The van der Waals surface area contributed by atoms with Gasteiger partial charge < -0.3 is 10.1 Å². The van der Waals surface area contributed by atoms with Crippen LogP contribution in [0.2, 0.25) is 0 Å². The fraction of sp³-hybridized carbons (Fsp3) is 0.462. The maximum atomic E-state index is 5.60. The predicted octanol–water partition coefficient (Wildman–Crippen LogP) is 2.17. The van der Waals surface area contributed by atoms with Crippen LogP contribution < -0.4 is 10.1 Å². The van der Waals surface area contributed by atoms with E-state index in [1.807, 2.05) is 12.1 Å². The number of hydrogen-bond donors (Lipinski definition) is 1. The van der Waals surface area contributed by atoms with E-state index in [9.17, 15) is 0 Å². The molecule has 1 spiro atoms. The molecule has 2 radical (unpaired) electrons. The highest BCUT2D eigenvalue weighted by Gasteiger charge is 2.38. The fourth-order valence-corrected chi connectivity index (χ4v) is 2.47. The number of benzene rings is 1. The molecule has 1 N–H and O–H groups in total. The monoisotopic (exact) mass is 201 g/mol. The molecule has 1 unspecified atom stereocenters. The molecule has 2 aliphatic rings. The molecule has 15 heavy (non-hydrogen) atoms. The summed E-state index contributed by atoms with van der Waals surface area (Å²) in [6.07, 6.45) is 4.70. The number of para-hydroxylation sites is 1. The van der Waals surface area contributed by atoms with Crippen molar-refractivity contribution in [3.05, 3.63) is 36.4 Å². The number of rotatable bonds is 0. The Labute approximate surface area is 90.6 Å². The summed E-state index contributed by atoms with van der Waals surface area (Å²) in [5.41, 5.74) is 1.28. The lowest BCUT2D eigenvalue weighted by atomic mass is 9.82. The van der Waals surface area contributed by atoms with Crippen LogP contribution in [0.25, 0.3) is 0 Å². The van der Waals surface area contributed by atoms with Gasteiger partial charge in [0.05, 0.1) is 5.54 Å². The molecule has 2 nitrogen and oxygen atoms in total. The Kier molecular flexibility index (Phi) is 2.17. The van der Waals surface area contributed by atoms with Crippen molar-refractivity contribution < 1.29 is 4.74 Å². The van der Waals surface area contributed by atoms with E-state index in [4.69, 9.17) is 4.74 Å². The Balaban J connectivity index is 1.87. The maximum Gasteiger partial charge on any atom is 0.218 e. The van der Waals surface area contributed by atoms with Gasteiger partial charge in [0, 0.05) is 0 Å². The zero-order valence-electron chi connectivity index (χ0n) is 8.75. The molecule has 78 valence electrons. The normalized spacial score (nSPS) is 29.6. The van der Waals surface area contributed by atoms with Crippen molar-refractivity contribution in [3.8, 4) is 5.75 Å². The van der Waals surface area contributed by atoms with Gasteiger partial charge in [0.1, 0.15) is 5.75 Å². The first kappa shape index (κ1) is 9.22. The van der Waals surface area contributed by atoms with Gasteiger partial charge in [-0.2, -0.15) is 0 Å². The lowest BCUT2D eigenvalue weighted by Gasteiger charge is -2.40. The summed E-state index contributed by atoms with van der Waals surface area (Å²) in [5.74, 6) is 0.968. The number of nitrogens with one attached hydrogen (secondary N) is 1. The molecule has 2 heterocycles. The second-order valence-corrected chi connectivity index (χ2v) is 4.45. The average molecular weight is 201 g/mol. The zero-order chi connectivity index (χ0) is 10.1. The zero-order valence-corrected chi connectivity index (χ0v) is 8.75. The van der Waals surface area contributed by atoms with Crippen molar-refractivity contribution in [2.24, 2.45) is 0 Å². The van der Waals surface area contributed by atoms with Gasteiger partial charge in [-0.1, -0.05) is 24.6 Å². The van der Waals surface area contributed by atoms with Crippen molar-refractivity contribution in [1.29, 1.82) is 0 Å².